The number of piperidine rings is 1. The van der Waals surface area contributed by atoms with E-state index in [0.29, 0.717) is 41.0 Å². The van der Waals surface area contributed by atoms with Gasteiger partial charge in [-0.2, -0.15) is 0 Å². The van der Waals surface area contributed by atoms with Crippen molar-refractivity contribution in [1.29, 1.82) is 0 Å². The lowest BCUT2D eigenvalue weighted by Crippen LogP contribution is -2.47. The number of hydrogen-bond donors (Lipinski definition) is 2. The molecule has 1 saturated heterocycles. The standard InChI is InChI=1S/C25H25ClN4O3S2.H2O.3H2/c1-17(30-12-8-18-2-5-20(26)16-22(18)30)23(31)29-13-9-25(32,10-14-29)19-3-6-21(7-4-19)35(33)28-24-27-11-15-34-24;;;;/h2-8,11-12,15-17,32H,9-10,13-14H2,1H3,(H,27,28);1H2;3*1H/t17-,35?;;;;/m1..../s1. The molecule has 11 heteroatoms. The first kappa shape index (κ1) is 26.3. The molecule has 1 fully saturated rings. The molecule has 36 heavy (non-hydrogen) atoms. The molecule has 2 aromatic carbocycles. The molecule has 0 radical (unpaired) electrons. The van der Waals surface area contributed by atoms with Crippen LogP contribution in [0.1, 0.15) is 35.7 Å². The third kappa shape index (κ3) is 5.18. The van der Waals surface area contributed by atoms with Crippen molar-refractivity contribution in [2.45, 2.75) is 36.3 Å². The predicted molar refractivity (Wildman–Crippen MR) is 150 cm³/mol. The summed E-state index contributed by atoms with van der Waals surface area (Å²) in [6.07, 6.45) is 4.43. The van der Waals surface area contributed by atoms with Crippen LogP contribution in [-0.4, -0.2) is 48.2 Å². The van der Waals surface area contributed by atoms with E-state index >= 15 is 0 Å². The van der Waals surface area contributed by atoms with Gasteiger partial charge in [-0.1, -0.05) is 29.8 Å². The number of fused-ring (bicyclic) bond motifs is 1. The molecule has 8 nitrogen and oxygen atoms in total. The van der Waals surface area contributed by atoms with Crippen molar-refractivity contribution in [2.24, 2.45) is 0 Å². The van der Waals surface area contributed by atoms with Crippen LogP contribution in [0.4, 0.5) is 5.13 Å². The number of amides is 1. The van der Waals surface area contributed by atoms with Crippen molar-refractivity contribution in [3.63, 3.8) is 0 Å². The maximum absolute atomic E-state index is 13.3. The SMILES string of the molecule is C[C@H](C(=O)N1CCC(O)(c2ccc(S(=O)Nc3nccs3)cc2)CC1)n1ccc2ccc(Cl)cc21.O.[HH].[HH].[HH]. The lowest BCUT2D eigenvalue weighted by Gasteiger charge is -2.39. The smallest absolute Gasteiger partial charge is 0.245 e. The molecule has 0 aliphatic carbocycles. The van der Waals surface area contributed by atoms with Crippen molar-refractivity contribution >= 4 is 55.9 Å². The average molecular weight is 553 g/mol. The monoisotopic (exact) mass is 552 g/mol. The number of aromatic nitrogens is 2. The molecule has 2 atom stereocenters. The molecule has 0 spiro atoms. The van der Waals surface area contributed by atoms with Gasteiger partial charge in [-0.25, -0.2) is 9.19 Å². The fourth-order valence-electron chi connectivity index (χ4n) is 4.53. The van der Waals surface area contributed by atoms with Gasteiger partial charge in [-0.3, -0.25) is 9.52 Å². The van der Waals surface area contributed by atoms with Crippen LogP contribution >= 0.6 is 22.9 Å². The number of thiazole rings is 1. The second kappa shape index (κ2) is 10.7. The number of anilines is 1. The number of nitrogens with zero attached hydrogens (tertiary/aromatic N) is 3. The highest BCUT2D eigenvalue weighted by atomic mass is 35.5. The van der Waals surface area contributed by atoms with Gasteiger partial charge >= 0.3 is 0 Å². The maximum Gasteiger partial charge on any atom is 0.245 e. The molecular formula is C25H33ClN4O4S2. The van der Waals surface area contributed by atoms with E-state index in [1.54, 1.807) is 18.3 Å². The molecule has 196 valence electrons. The molecule has 3 heterocycles. The molecule has 1 unspecified atom stereocenters. The Balaban J connectivity index is 0.00000190. The normalized spacial score (nSPS) is 16.8. The van der Waals surface area contributed by atoms with Crippen LogP contribution in [0.2, 0.25) is 5.02 Å². The number of halogens is 1. The van der Waals surface area contributed by atoms with E-state index < -0.39 is 16.6 Å². The van der Waals surface area contributed by atoms with E-state index in [0.717, 1.165) is 16.5 Å². The summed E-state index contributed by atoms with van der Waals surface area (Å²) in [4.78, 5) is 19.8. The fourth-order valence-corrected chi connectivity index (χ4v) is 6.20. The molecular weight excluding hydrogens is 520 g/mol. The minimum Gasteiger partial charge on any atom is -0.412 e. The highest BCUT2D eigenvalue weighted by Gasteiger charge is 2.36. The summed E-state index contributed by atoms with van der Waals surface area (Å²) in [5, 5.41) is 15.4. The number of carbonyl (C=O) groups is 1. The highest BCUT2D eigenvalue weighted by molar-refractivity contribution is 7.86. The third-order valence-electron chi connectivity index (χ3n) is 6.58. The maximum atomic E-state index is 13.3. The van der Waals surface area contributed by atoms with Crippen molar-refractivity contribution in [2.75, 3.05) is 17.8 Å². The molecule has 1 aliphatic heterocycles. The van der Waals surface area contributed by atoms with Gasteiger partial charge in [-0.05, 0) is 61.0 Å². The second-order valence-electron chi connectivity index (χ2n) is 8.69. The highest BCUT2D eigenvalue weighted by Crippen LogP contribution is 2.34. The molecule has 0 bridgehead atoms. The van der Waals surface area contributed by atoms with Crippen LogP contribution in [0.3, 0.4) is 0 Å². The summed E-state index contributed by atoms with van der Waals surface area (Å²) in [6, 6.07) is 14.4. The molecule has 4 N–H and O–H groups in total. The van der Waals surface area contributed by atoms with Gasteiger partial charge in [0.15, 0.2) is 16.1 Å². The van der Waals surface area contributed by atoms with Gasteiger partial charge < -0.3 is 20.0 Å². The fraction of sp³-hybridized carbons (Fsp3) is 0.280. The topological polar surface area (TPSA) is 119 Å². The largest absolute Gasteiger partial charge is 0.412 e. The first-order valence-corrected chi connectivity index (χ1v) is 13.7. The Kier molecular flexibility index (Phi) is 7.82. The summed E-state index contributed by atoms with van der Waals surface area (Å²) in [5.41, 5.74) is 0.656. The summed E-state index contributed by atoms with van der Waals surface area (Å²) in [6.45, 7) is 2.81. The number of aliphatic hydroxyl groups is 1. The molecule has 0 saturated carbocycles. The van der Waals surface area contributed by atoms with Crippen molar-refractivity contribution < 1.29 is 23.9 Å². The molecule has 1 amide bonds. The zero-order valence-electron chi connectivity index (χ0n) is 19.6. The Bertz CT molecular complexity index is 1380. The second-order valence-corrected chi connectivity index (χ2v) is 11.2. The Morgan fingerprint density at radius 2 is 1.94 bits per heavy atom. The number of hydrogen-bond acceptors (Lipinski definition) is 5. The number of benzene rings is 2. The minimum atomic E-state index is -1.43. The zero-order chi connectivity index (χ0) is 24.6. The van der Waals surface area contributed by atoms with Crippen LogP contribution in [0.15, 0.2) is 71.2 Å². The lowest BCUT2D eigenvalue weighted by molar-refractivity contribution is -0.138. The van der Waals surface area contributed by atoms with Crippen LogP contribution in [0.5, 0.6) is 0 Å². The Labute approximate surface area is 224 Å². The van der Waals surface area contributed by atoms with Crippen LogP contribution in [-0.2, 0) is 21.4 Å². The van der Waals surface area contributed by atoms with Crippen LogP contribution < -0.4 is 4.72 Å². The van der Waals surface area contributed by atoms with E-state index in [-0.39, 0.29) is 21.7 Å². The summed E-state index contributed by atoms with van der Waals surface area (Å²) in [7, 11) is -1.43. The van der Waals surface area contributed by atoms with Crippen LogP contribution in [0.25, 0.3) is 10.9 Å². The summed E-state index contributed by atoms with van der Waals surface area (Å²) >= 11 is 7.55. The molecule has 1 aliphatic rings. The summed E-state index contributed by atoms with van der Waals surface area (Å²) in [5.74, 6) is 0.0172. The van der Waals surface area contributed by atoms with E-state index in [2.05, 4.69) is 9.71 Å². The minimum absolute atomic E-state index is 0. The van der Waals surface area contributed by atoms with Gasteiger partial charge in [0.1, 0.15) is 6.04 Å². The van der Waals surface area contributed by atoms with Crippen molar-refractivity contribution in [1.82, 2.24) is 14.5 Å². The lowest BCUT2D eigenvalue weighted by atomic mass is 9.84. The van der Waals surface area contributed by atoms with Gasteiger partial charge in [0.05, 0.1) is 16.0 Å². The third-order valence-corrected chi connectivity index (χ3v) is 8.71. The van der Waals surface area contributed by atoms with Gasteiger partial charge in [0.2, 0.25) is 5.91 Å². The van der Waals surface area contributed by atoms with E-state index in [1.807, 2.05) is 64.4 Å². The number of nitrogens with one attached hydrogen (secondary N) is 1. The van der Waals surface area contributed by atoms with Crippen molar-refractivity contribution in [3.05, 3.63) is 76.9 Å². The first-order valence-electron chi connectivity index (χ1n) is 11.3. The van der Waals surface area contributed by atoms with Crippen LogP contribution in [0, 0.1) is 0 Å². The molecule has 4 aromatic rings. The average Bonchev–Trinajstić information content (AvgIpc) is 3.53. The number of likely N-dealkylation sites (tertiary alicyclic amines) is 1. The zero-order valence-corrected chi connectivity index (χ0v) is 21.9. The van der Waals surface area contributed by atoms with E-state index in [1.165, 1.54) is 11.3 Å². The Hall–Kier alpha value is -2.76. The molecule has 2 aromatic heterocycles. The number of rotatable bonds is 6. The Morgan fingerprint density at radius 1 is 1.22 bits per heavy atom. The quantitative estimate of drug-likeness (QED) is 0.354. The van der Waals surface area contributed by atoms with Gasteiger partial charge in [0.25, 0.3) is 0 Å². The first-order chi connectivity index (χ1) is 16.8. The molecule has 5 rings (SSSR count). The van der Waals surface area contributed by atoms with Crippen molar-refractivity contribution in [3.8, 4) is 0 Å². The Morgan fingerprint density at radius 3 is 2.61 bits per heavy atom. The van der Waals surface area contributed by atoms with E-state index in [4.69, 9.17) is 11.6 Å². The number of carbonyl (C=O) groups excluding carboxylic acids is 1. The summed E-state index contributed by atoms with van der Waals surface area (Å²) < 4.78 is 17.3. The van der Waals surface area contributed by atoms with Gasteiger partial charge in [0, 0.05) is 40.2 Å². The van der Waals surface area contributed by atoms with Gasteiger partial charge in [-0.15, -0.1) is 11.3 Å². The predicted octanol–water partition coefficient (Wildman–Crippen LogP) is 4.87. The van der Waals surface area contributed by atoms with E-state index in [9.17, 15) is 14.1 Å².